The van der Waals surface area contributed by atoms with Crippen molar-refractivity contribution in [3.8, 4) is 5.75 Å². The monoisotopic (exact) mass is 468 g/mol. The lowest BCUT2D eigenvalue weighted by atomic mass is 9.87. The number of amides is 2. The number of carbonyl (C=O) groups is 2. The van der Waals surface area contributed by atoms with Crippen LogP contribution in [0.2, 0.25) is 0 Å². The Kier molecular flexibility index (Phi) is 6.58. The van der Waals surface area contributed by atoms with E-state index in [9.17, 15) is 9.59 Å². The van der Waals surface area contributed by atoms with Crippen LogP contribution in [0.1, 0.15) is 53.6 Å². The highest BCUT2D eigenvalue weighted by atomic mass is 16.5. The minimum atomic E-state index is -0.637. The van der Waals surface area contributed by atoms with Crippen molar-refractivity contribution in [3.63, 3.8) is 0 Å². The van der Waals surface area contributed by atoms with Crippen LogP contribution in [0, 0.1) is 12.8 Å². The molecule has 1 N–H and O–H groups in total. The Morgan fingerprint density at radius 2 is 1.83 bits per heavy atom. The van der Waals surface area contributed by atoms with Crippen molar-refractivity contribution in [3.05, 3.63) is 101 Å². The summed E-state index contributed by atoms with van der Waals surface area (Å²) in [6.07, 6.45) is 2.16. The van der Waals surface area contributed by atoms with Crippen LogP contribution in [0.25, 0.3) is 0 Å². The van der Waals surface area contributed by atoms with E-state index in [1.165, 1.54) is 11.1 Å². The van der Waals surface area contributed by atoms with E-state index in [1.54, 1.807) is 6.92 Å². The standard InChI is InChI=1S/C30H32N2O3/c1-20-7-6-10-25(17-20)28-27-18-26(14-13-23(27)15-16-32(28)30(34)24-11-12-24)35-21(2)29(33)31-19-22-8-4-3-5-9-22/h3-10,13-14,17-18,21,24,28H,11-12,15-16,19H2,1-2H3,(H,31,33)/t21-,28+/m0/s1. The molecule has 1 heterocycles. The number of aryl methyl sites for hydroxylation is 1. The lowest BCUT2D eigenvalue weighted by Gasteiger charge is -2.38. The fraction of sp³-hybridized carbons (Fsp3) is 0.333. The molecule has 1 aliphatic heterocycles. The van der Waals surface area contributed by atoms with Crippen molar-refractivity contribution in [1.29, 1.82) is 0 Å². The molecule has 2 amide bonds. The molecule has 0 saturated heterocycles. The van der Waals surface area contributed by atoms with Gasteiger partial charge >= 0.3 is 0 Å². The maximum Gasteiger partial charge on any atom is 0.261 e. The molecule has 5 heteroatoms. The van der Waals surface area contributed by atoms with Gasteiger partial charge < -0.3 is 15.0 Å². The fourth-order valence-corrected chi connectivity index (χ4v) is 4.85. The normalized spacial score (nSPS) is 17.9. The topological polar surface area (TPSA) is 58.6 Å². The quantitative estimate of drug-likeness (QED) is 0.533. The summed E-state index contributed by atoms with van der Waals surface area (Å²) in [6, 6.07) is 24.1. The molecular weight excluding hydrogens is 436 g/mol. The number of nitrogens with one attached hydrogen (secondary N) is 1. The number of fused-ring (bicyclic) bond motifs is 1. The molecule has 0 bridgehead atoms. The highest BCUT2D eigenvalue weighted by Gasteiger charge is 2.39. The largest absolute Gasteiger partial charge is 0.481 e. The van der Waals surface area contributed by atoms with E-state index in [0.717, 1.165) is 42.5 Å². The predicted molar refractivity (Wildman–Crippen MR) is 136 cm³/mol. The number of hydrogen-bond acceptors (Lipinski definition) is 3. The van der Waals surface area contributed by atoms with Crippen LogP contribution >= 0.6 is 0 Å². The summed E-state index contributed by atoms with van der Waals surface area (Å²) >= 11 is 0. The lowest BCUT2D eigenvalue weighted by Crippen LogP contribution is -2.41. The van der Waals surface area contributed by atoms with Crippen LogP contribution in [-0.4, -0.2) is 29.4 Å². The SMILES string of the molecule is Cc1cccc([C@@H]2c3cc(O[C@@H](C)C(=O)NCc4ccccc4)ccc3CCN2C(=O)C2CC2)c1. The maximum absolute atomic E-state index is 13.2. The van der Waals surface area contributed by atoms with Gasteiger partial charge in [0.25, 0.3) is 5.91 Å². The highest BCUT2D eigenvalue weighted by Crippen LogP contribution is 2.41. The molecule has 1 saturated carbocycles. The summed E-state index contributed by atoms with van der Waals surface area (Å²) in [5, 5.41) is 2.95. The molecule has 3 aromatic rings. The van der Waals surface area contributed by atoms with E-state index in [2.05, 4.69) is 47.5 Å². The van der Waals surface area contributed by atoms with E-state index in [4.69, 9.17) is 4.74 Å². The number of rotatable bonds is 7. The number of ether oxygens (including phenoxy) is 1. The predicted octanol–water partition coefficient (Wildman–Crippen LogP) is 4.96. The lowest BCUT2D eigenvalue weighted by molar-refractivity contribution is -0.134. The minimum absolute atomic E-state index is 0.141. The average Bonchev–Trinajstić information content (AvgIpc) is 3.72. The van der Waals surface area contributed by atoms with Crippen LogP contribution in [-0.2, 0) is 22.6 Å². The summed E-state index contributed by atoms with van der Waals surface area (Å²) in [7, 11) is 0. The second-order valence-corrected chi connectivity index (χ2v) is 9.70. The Morgan fingerprint density at radius 3 is 2.57 bits per heavy atom. The van der Waals surface area contributed by atoms with Gasteiger partial charge in [-0.2, -0.15) is 0 Å². The molecule has 0 unspecified atom stereocenters. The molecule has 0 spiro atoms. The minimum Gasteiger partial charge on any atom is -0.481 e. The Balaban J connectivity index is 1.37. The van der Waals surface area contributed by atoms with E-state index in [0.29, 0.717) is 12.3 Å². The van der Waals surface area contributed by atoms with Gasteiger partial charge in [-0.25, -0.2) is 0 Å². The number of benzene rings is 3. The number of hydrogen-bond donors (Lipinski definition) is 1. The third kappa shape index (κ3) is 5.24. The molecule has 1 fully saturated rings. The average molecular weight is 469 g/mol. The van der Waals surface area contributed by atoms with Crippen molar-refractivity contribution < 1.29 is 14.3 Å². The van der Waals surface area contributed by atoms with Gasteiger partial charge in [0.2, 0.25) is 5.91 Å². The van der Waals surface area contributed by atoms with Gasteiger partial charge in [0, 0.05) is 19.0 Å². The van der Waals surface area contributed by atoms with Gasteiger partial charge in [-0.3, -0.25) is 9.59 Å². The van der Waals surface area contributed by atoms with Crippen molar-refractivity contribution in [2.24, 2.45) is 5.92 Å². The zero-order valence-electron chi connectivity index (χ0n) is 20.4. The summed E-state index contributed by atoms with van der Waals surface area (Å²) < 4.78 is 6.08. The Labute approximate surface area is 207 Å². The summed E-state index contributed by atoms with van der Waals surface area (Å²) in [5.74, 6) is 0.899. The summed E-state index contributed by atoms with van der Waals surface area (Å²) in [4.78, 5) is 27.9. The Hall–Kier alpha value is -3.60. The van der Waals surface area contributed by atoms with Crippen LogP contribution in [0.4, 0.5) is 0 Å². The summed E-state index contributed by atoms with van der Waals surface area (Å²) in [6.45, 7) is 5.03. The van der Waals surface area contributed by atoms with E-state index >= 15 is 0 Å². The van der Waals surface area contributed by atoms with Crippen LogP contribution in [0.15, 0.2) is 72.8 Å². The first-order valence-electron chi connectivity index (χ1n) is 12.5. The molecule has 5 nitrogen and oxygen atoms in total. The third-order valence-electron chi connectivity index (χ3n) is 6.90. The molecule has 3 aromatic carbocycles. The van der Waals surface area contributed by atoms with Crippen LogP contribution in [0.3, 0.4) is 0 Å². The maximum atomic E-state index is 13.2. The van der Waals surface area contributed by atoms with Gasteiger partial charge in [-0.05, 0) is 67.5 Å². The zero-order chi connectivity index (χ0) is 24.4. The van der Waals surface area contributed by atoms with E-state index in [1.807, 2.05) is 42.5 Å². The van der Waals surface area contributed by atoms with E-state index in [-0.39, 0.29) is 23.8 Å². The molecular formula is C30H32N2O3. The molecule has 35 heavy (non-hydrogen) atoms. The molecule has 5 rings (SSSR count). The van der Waals surface area contributed by atoms with E-state index < -0.39 is 6.10 Å². The molecule has 0 aromatic heterocycles. The number of carbonyl (C=O) groups excluding carboxylic acids is 2. The highest BCUT2D eigenvalue weighted by molar-refractivity contribution is 5.82. The molecule has 0 radical (unpaired) electrons. The Morgan fingerprint density at radius 1 is 1.03 bits per heavy atom. The summed E-state index contributed by atoms with van der Waals surface area (Å²) in [5.41, 5.74) is 5.65. The zero-order valence-corrected chi connectivity index (χ0v) is 20.4. The van der Waals surface area contributed by atoms with Crippen molar-refractivity contribution >= 4 is 11.8 Å². The molecule has 2 atom stereocenters. The van der Waals surface area contributed by atoms with Crippen molar-refractivity contribution in [2.45, 2.75) is 51.8 Å². The van der Waals surface area contributed by atoms with Crippen LogP contribution in [0.5, 0.6) is 5.75 Å². The van der Waals surface area contributed by atoms with Crippen molar-refractivity contribution in [1.82, 2.24) is 10.2 Å². The fourth-order valence-electron chi connectivity index (χ4n) is 4.85. The second kappa shape index (κ2) is 9.95. The van der Waals surface area contributed by atoms with Gasteiger partial charge in [-0.1, -0.05) is 66.2 Å². The van der Waals surface area contributed by atoms with Crippen LogP contribution < -0.4 is 10.1 Å². The first-order valence-corrected chi connectivity index (χ1v) is 12.5. The Bertz CT molecular complexity index is 1220. The molecule has 180 valence electrons. The van der Waals surface area contributed by atoms with Gasteiger partial charge in [-0.15, -0.1) is 0 Å². The first-order chi connectivity index (χ1) is 17.0. The van der Waals surface area contributed by atoms with Gasteiger partial charge in [0.05, 0.1) is 6.04 Å². The third-order valence-corrected chi connectivity index (χ3v) is 6.90. The van der Waals surface area contributed by atoms with Gasteiger partial charge in [0.15, 0.2) is 6.10 Å². The second-order valence-electron chi connectivity index (χ2n) is 9.70. The van der Waals surface area contributed by atoms with Gasteiger partial charge in [0.1, 0.15) is 5.75 Å². The number of nitrogens with zero attached hydrogens (tertiary/aromatic N) is 1. The smallest absolute Gasteiger partial charge is 0.261 e. The first kappa shape index (κ1) is 23.2. The molecule has 1 aliphatic carbocycles. The van der Waals surface area contributed by atoms with Crippen molar-refractivity contribution in [2.75, 3.05) is 6.54 Å². The molecule has 2 aliphatic rings.